The van der Waals surface area contributed by atoms with Crippen molar-refractivity contribution < 1.29 is 13.5 Å². The van der Waals surface area contributed by atoms with Gasteiger partial charge in [0, 0.05) is 6.04 Å². The smallest absolute Gasteiger partial charge is 0.159 e. The maximum atomic E-state index is 13.2. The summed E-state index contributed by atoms with van der Waals surface area (Å²) in [4.78, 5) is 0. The Morgan fingerprint density at radius 2 is 1.90 bits per heavy atom. The molecule has 1 atom stereocenters. The topological polar surface area (TPSA) is 35.2 Å². The Kier molecular flexibility index (Phi) is 4.73. The van der Waals surface area contributed by atoms with Gasteiger partial charge in [0.2, 0.25) is 0 Å². The van der Waals surface area contributed by atoms with Crippen molar-refractivity contribution in [2.45, 2.75) is 12.5 Å². The molecule has 0 heterocycles. The van der Waals surface area contributed by atoms with Gasteiger partial charge < -0.3 is 10.5 Å². The monoisotopic (exact) mass is 341 g/mol. The molecule has 2 nitrogen and oxygen atoms in total. The maximum Gasteiger partial charge on any atom is 0.159 e. The van der Waals surface area contributed by atoms with E-state index < -0.39 is 11.6 Å². The van der Waals surface area contributed by atoms with Gasteiger partial charge in [-0.15, -0.1) is 0 Å². The van der Waals surface area contributed by atoms with E-state index in [-0.39, 0.29) is 6.04 Å². The van der Waals surface area contributed by atoms with E-state index in [4.69, 9.17) is 10.5 Å². The third-order valence-electron chi connectivity index (χ3n) is 3.04. The van der Waals surface area contributed by atoms with Crippen LogP contribution in [0.3, 0.4) is 0 Å². The van der Waals surface area contributed by atoms with Crippen molar-refractivity contribution >= 4 is 15.9 Å². The summed E-state index contributed by atoms with van der Waals surface area (Å²) in [5.74, 6) is -0.992. The Balaban J connectivity index is 2.17. The van der Waals surface area contributed by atoms with E-state index in [0.29, 0.717) is 17.7 Å². The molecule has 2 aromatic carbocycles. The molecule has 0 aliphatic rings. The minimum Gasteiger partial charge on any atom is -0.496 e. The van der Waals surface area contributed by atoms with Gasteiger partial charge in [0.1, 0.15) is 5.75 Å². The normalized spacial score (nSPS) is 12.2. The molecule has 1 unspecified atom stereocenters. The first-order valence-electron chi connectivity index (χ1n) is 6.04. The zero-order chi connectivity index (χ0) is 14.7. The van der Waals surface area contributed by atoms with E-state index in [1.54, 1.807) is 7.11 Å². The van der Waals surface area contributed by atoms with Crippen LogP contribution in [0.5, 0.6) is 5.75 Å². The van der Waals surface area contributed by atoms with Crippen molar-refractivity contribution in [2.75, 3.05) is 7.11 Å². The second-order valence-corrected chi connectivity index (χ2v) is 5.31. The fraction of sp³-hybridized carbons (Fsp3) is 0.200. The molecule has 2 N–H and O–H groups in total. The van der Waals surface area contributed by atoms with Crippen molar-refractivity contribution in [3.8, 4) is 5.75 Å². The predicted octanol–water partition coefficient (Wildman–Crippen LogP) is 3.98. The van der Waals surface area contributed by atoms with E-state index >= 15 is 0 Å². The number of hydrogen-bond donors (Lipinski definition) is 1. The van der Waals surface area contributed by atoms with Crippen LogP contribution in [0.1, 0.15) is 17.2 Å². The van der Waals surface area contributed by atoms with Crippen LogP contribution < -0.4 is 10.5 Å². The Morgan fingerprint density at radius 1 is 1.15 bits per heavy atom. The van der Waals surface area contributed by atoms with Crippen LogP contribution in [0, 0.1) is 11.6 Å². The summed E-state index contributed by atoms with van der Waals surface area (Å²) < 4.78 is 32.0. The lowest BCUT2D eigenvalue weighted by Crippen LogP contribution is -2.13. The Bertz CT molecular complexity index is 619. The summed E-state index contributed by atoms with van der Waals surface area (Å²) in [7, 11) is 1.58. The highest BCUT2D eigenvalue weighted by Gasteiger charge is 2.11. The molecule has 106 valence electrons. The van der Waals surface area contributed by atoms with Gasteiger partial charge in [0.15, 0.2) is 11.6 Å². The van der Waals surface area contributed by atoms with E-state index in [9.17, 15) is 8.78 Å². The van der Waals surface area contributed by atoms with Crippen molar-refractivity contribution in [2.24, 2.45) is 5.73 Å². The molecule has 0 saturated carbocycles. The summed E-state index contributed by atoms with van der Waals surface area (Å²) in [5.41, 5.74) is 7.64. The van der Waals surface area contributed by atoms with Crippen LogP contribution in [0.15, 0.2) is 40.9 Å². The summed E-state index contributed by atoms with van der Waals surface area (Å²) in [6.07, 6.45) is 0.427. The Morgan fingerprint density at radius 3 is 2.50 bits per heavy atom. The Labute approximate surface area is 124 Å². The highest BCUT2D eigenvalue weighted by Crippen LogP contribution is 2.28. The quantitative estimate of drug-likeness (QED) is 0.912. The molecule has 0 aliphatic heterocycles. The van der Waals surface area contributed by atoms with Gasteiger partial charge in [0.25, 0.3) is 0 Å². The zero-order valence-electron chi connectivity index (χ0n) is 10.9. The third kappa shape index (κ3) is 3.35. The van der Waals surface area contributed by atoms with Gasteiger partial charge in [-0.25, -0.2) is 8.78 Å². The standard InChI is InChI=1S/C15H14BrF2NO/c1-20-15-5-3-10(8-11(15)16)14(19)7-9-2-4-12(17)13(18)6-9/h2-6,8,14H,7,19H2,1H3. The van der Waals surface area contributed by atoms with E-state index in [1.807, 2.05) is 18.2 Å². The van der Waals surface area contributed by atoms with Crippen LogP contribution in [-0.4, -0.2) is 7.11 Å². The van der Waals surface area contributed by atoms with Crippen LogP contribution in [-0.2, 0) is 6.42 Å². The van der Waals surface area contributed by atoms with E-state index in [1.165, 1.54) is 12.1 Å². The molecule has 2 aromatic rings. The zero-order valence-corrected chi connectivity index (χ0v) is 12.5. The summed E-state index contributed by atoms with van der Waals surface area (Å²) >= 11 is 3.39. The first-order chi connectivity index (χ1) is 9.51. The molecule has 0 radical (unpaired) electrons. The first kappa shape index (κ1) is 14.9. The van der Waals surface area contributed by atoms with Crippen LogP contribution >= 0.6 is 15.9 Å². The number of methoxy groups -OCH3 is 1. The van der Waals surface area contributed by atoms with Crippen LogP contribution in [0.25, 0.3) is 0 Å². The highest BCUT2D eigenvalue weighted by atomic mass is 79.9. The summed E-state index contributed by atoms with van der Waals surface area (Å²) in [6, 6.07) is 9.05. The van der Waals surface area contributed by atoms with Gasteiger partial charge in [-0.3, -0.25) is 0 Å². The molecule has 0 bridgehead atoms. The molecule has 0 amide bonds. The van der Waals surface area contributed by atoms with Gasteiger partial charge >= 0.3 is 0 Å². The first-order valence-corrected chi connectivity index (χ1v) is 6.83. The largest absolute Gasteiger partial charge is 0.496 e. The minimum absolute atomic E-state index is 0.304. The highest BCUT2D eigenvalue weighted by molar-refractivity contribution is 9.10. The van der Waals surface area contributed by atoms with Crippen molar-refractivity contribution in [3.05, 3.63) is 63.6 Å². The lowest BCUT2D eigenvalue weighted by molar-refractivity contribution is 0.412. The average molecular weight is 342 g/mol. The maximum absolute atomic E-state index is 13.2. The van der Waals surface area contributed by atoms with Gasteiger partial charge in [-0.1, -0.05) is 12.1 Å². The van der Waals surface area contributed by atoms with Crippen LogP contribution in [0.2, 0.25) is 0 Å². The fourth-order valence-corrected chi connectivity index (χ4v) is 2.51. The van der Waals surface area contributed by atoms with Crippen LogP contribution in [0.4, 0.5) is 8.78 Å². The summed E-state index contributed by atoms with van der Waals surface area (Å²) in [5, 5.41) is 0. The van der Waals surface area contributed by atoms with Gasteiger partial charge in [0.05, 0.1) is 11.6 Å². The molecule has 5 heteroatoms. The number of ether oxygens (including phenoxy) is 1. The minimum atomic E-state index is -0.856. The molecule has 0 spiro atoms. The van der Waals surface area contributed by atoms with Crippen molar-refractivity contribution in [1.29, 1.82) is 0 Å². The van der Waals surface area contributed by atoms with Crippen molar-refractivity contribution in [1.82, 2.24) is 0 Å². The second-order valence-electron chi connectivity index (χ2n) is 4.45. The third-order valence-corrected chi connectivity index (χ3v) is 3.66. The number of nitrogens with two attached hydrogens (primary N) is 1. The average Bonchev–Trinajstić information content (AvgIpc) is 2.42. The summed E-state index contributed by atoms with van der Waals surface area (Å²) in [6.45, 7) is 0. The predicted molar refractivity (Wildman–Crippen MR) is 77.7 cm³/mol. The molecular formula is C15H14BrF2NO. The fourth-order valence-electron chi connectivity index (χ4n) is 1.95. The second kappa shape index (κ2) is 6.33. The molecule has 0 aromatic heterocycles. The number of benzene rings is 2. The number of rotatable bonds is 4. The van der Waals surface area contributed by atoms with Gasteiger partial charge in [-0.2, -0.15) is 0 Å². The lowest BCUT2D eigenvalue weighted by atomic mass is 9.99. The van der Waals surface area contributed by atoms with E-state index in [2.05, 4.69) is 15.9 Å². The molecule has 0 aliphatic carbocycles. The number of halogens is 3. The molecule has 0 fully saturated rings. The molecular weight excluding hydrogens is 328 g/mol. The van der Waals surface area contributed by atoms with E-state index in [0.717, 1.165) is 16.1 Å². The Hall–Kier alpha value is -1.46. The number of hydrogen-bond acceptors (Lipinski definition) is 2. The SMILES string of the molecule is COc1ccc(C(N)Cc2ccc(F)c(F)c2)cc1Br. The van der Waals surface area contributed by atoms with Gasteiger partial charge in [-0.05, 0) is 57.7 Å². The molecule has 0 saturated heterocycles. The lowest BCUT2D eigenvalue weighted by Gasteiger charge is -2.14. The molecule has 2 rings (SSSR count). The molecule has 20 heavy (non-hydrogen) atoms. The van der Waals surface area contributed by atoms with Crippen molar-refractivity contribution in [3.63, 3.8) is 0 Å².